The smallest absolute Gasteiger partial charge is 0.243 e. The van der Waals surface area contributed by atoms with Crippen molar-refractivity contribution in [1.29, 1.82) is 0 Å². The summed E-state index contributed by atoms with van der Waals surface area (Å²) in [6.07, 6.45) is 0.144. The summed E-state index contributed by atoms with van der Waals surface area (Å²) in [5.41, 5.74) is 7.94. The molecule has 8 heteroatoms. The molecule has 32 heavy (non-hydrogen) atoms. The monoisotopic (exact) mass is 469 g/mol. The maximum atomic E-state index is 12.7. The van der Waals surface area contributed by atoms with Crippen LogP contribution in [0.1, 0.15) is 12.0 Å². The van der Waals surface area contributed by atoms with E-state index in [1.165, 1.54) is 0 Å². The number of hydrazine groups is 1. The molecule has 2 amide bonds. The van der Waals surface area contributed by atoms with Crippen molar-refractivity contribution in [2.75, 3.05) is 16.9 Å². The van der Waals surface area contributed by atoms with Crippen LogP contribution in [0.25, 0.3) is 0 Å². The lowest BCUT2D eigenvalue weighted by atomic mass is 10.1. The zero-order chi connectivity index (χ0) is 22.5. The Hall–Kier alpha value is -3.22. The van der Waals surface area contributed by atoms with Gasteiger partial charge in [-0.3, -0.25) is 20.4 Å². The lowest BCUT2D eigenvalue weighted by molar-refractivity contribution is -0.125. The minimum absolute atomic E-state index is 0.0980. The summed E-state index contributed by atoms with van der Waals surface area (Å²) < 4.78 is 5.89. The fourth-order valence-corrected chi connectivity index (χ4v) is 3.67. The Bertz CT molecular complexity index is 1100. The maximum Gasteiger partial charge on any atom is 0.243 e. The Morgan fingerprint density at radius 3 is 2.34 bits per heavy atom. The van der Waals surface area contributed by atoms with E-state index in [-0.39, 0.29) is 18.2 Å². The van der Waals surface area contributed by atoms with Crippen molar-refractivity contribution >= 4 is 46.4 Å². The van der Waals surface area contributed by atoms with Gasteiger partial charge in [-0.05, 0) is 54.1 Å². The zero-order valence-electron chi connectivity index (χ0n) is 17.1. The van der Waals surface area contributed by atoms with Gasteiger partial charge >= 0.3 is 0 Å². The lowest BCUT2D eigenvalue weighted by Crippen LogP contribution is -2.36. The van der Waals surface area contributed by atoms with Gasteiger partial charge in [0, 0.05) is 28.7 Å². The second-order valence-corrected chi connectivity index (χ2v) is 8.28. The van der Waals surface area contributed by atoms with E-state index in [0.717, 1.165) is 11.3 Å². The largest absolute Gasteiger partial charge is 0.487 e. The molecular formula is C24H21Cl2N3O3. The summed E-state index contributed by atoms with van der Waals surface area (Å²) in [7, 11) is 0. The molecule has 0 aromatic heterocycles. The molecule has 1 fully saturated rings. The molecule has 1 aliphatic rings. The number of para-hydroxylation sites is 2. The Morgan fingerprint density at radius 2 is 1.62 bits per heavy atom. The van der Waals surface area contributed by atoms with E-state index >= 15 is 0 Å². The highest BCUT2D eigenvalue weighted by atomic mass is 35.5. The van der Waals surface area contributed by atoms with Crippen molar-refractivity contribution in [2.24, 2.45) is 5.92 Å². The van der Waals surface area contributed by atoms with Crippen LogP contribution in [0.4, 0.5) is 11.4 Å². The average molecular weight is 470 g/mol. The number of halogens is 2. The van der Waals surface area contributed by atoms with Crippen molar-refractivity contribution in [1.82, 2.24) is 5.43 Å². The Labute approximate surface area is 196 Å². The number of ether oxygens (including phenoxy) is 1. The van der Waals surface area contributed by atoms with Crippen LogP contribution in [0.5, 0.6) is 5.75 Å². The fourth-order valence-electron chi connectivity index (χ4n) is 3.42. The predicted octanol–water partition coefficient (Wildman–Crippen LogP) is 5.07. The minimum Gasteiger partial charge on any atom is -0.487 e. The van der Waals surface area contributed by atoms with Gasteiger partial charge < -0.3 is 9.64 Å². The van der Waals surface area contributed by atoms with Gasteiger partial charge in [-0.1, -0.05) is 47.5 Å². The average Bonchev–Trinajstić information content (AvgIpc) is 3.20. The van der Waals surface area contributed by atoms with Gasteiger partial charge in [-0.25, -0.2) is 0 Å². The van der Waals surface area contributed by atoms with Gasteiger partial charge in [0.25, 0.3) is 0 Å². The number of carbonyl (C=O) groups excluding carboxylic acids is 2. The first-order chi connectivity index (χ1) is 15.5. The quantitative estimate of drug-likeness (QED) is 0.474. The third kappa shape index (κ3) is 5.33. The SMILES string of the molecule is O=C(NNc1ccccc1OCc1ccc(Cl)cc1)[C@H]1CC(=O)N(c2ccc(Cl)cc2)C1. The molecule has 0 radical (unpaired) electrons. The lowest BCUT2D eigenvalue weighted by Gasteiger charge is -2.18. The third-order valence-corrected chi connectivity index (χ3v) is 5.65. The predicted molar refractivity (Wildman–Crippen MR) is 126 cm³/mol. The van der Waals surface area contributed by atoms with Crippen LogP contribution < -0.4 is 20.5 Å². The standard InChI is InChI=1S/C24H21Cl2N3O3/c25-18-7-5-16(6-8-18)15-32-22-4-2-1-3-21(22)27-28-24(31)17-13-23(30)29(14-17)20-11-9-19(26)10-12-20/h1-12,17,27H,13-15H2,(H,28,31)/t17-/m0/s1. The van der Waals surface area contributed by atoms with Crippen LogP contribution in [0.15, 0.2) is 72.8 Å². The van der Waals surface area contributed by atoms with E-state index in [1.807, 2.05) is 30.3 Å². The number of nitrogens with one attached hydrogen (secondary N) is 2. The number of anilines is 2. The van der Waals surface area contributed by atoms with Crippen LogP contribution in [0.3, 0.4) is 0 Å². The van der Waals surface area contributed by atoms with Crippen molar-refractivity contribution in [3.05, 3.63) is 88.4 Å². The molecule has 0 bridgehead atoms. The first-order valence-corrected chi connectivity index (χ1v) is 10.8. The minimum atomic E-state index is -0.465. The molecule has 1 aliphatic heterocycles. The second-order valence-electron chi connectivity index (χ2n) is 7.41. The third-order valence-electron chi connectivity index (χ3n) is 5.15. The molecule has 0 unspecified atom stereocenters. The molecule has 1 saturated heterocycles. The topological polar surface area (TPSA) is 70.7 Å². The number of rotatable bonds is 7. The molecule has 3 aromatic rings. The number of carbonyl (C=O) groups is 2. The van der Waals surface area contributed by atoms with Gasteiger partial charge in [0.1, 0.15) is 12.4 Å². The molecule has 0 spiro atoms. The molecule has 1 heterocycles. The summed E-state index contributed by atoms with van der Waals surface area (Å²) in [5.74, 6) is -0.234. The highest BCUT2D eigenvalue weighted by Gasteiger charge is 2.35. The van der Waals surface area contributed by atoms with Crippen molar-refractivity contribution < 1.29 is 14.3 Å². The van der Waals surface area contributed by atoms with E-state index in [9.17, 15) is 9.59 Å². The highest BCUT2D eigenvalue weighted by molar-refractivity contribution is 6.30. The number of amides is 2. The molecule has 1 atom stereocenters. The van der Waals surface area contributed by atoms with Crippen molar-refractivity contribution in [3.63, 3.8) is 0 Å². The van der Waals surface area contributed by atoms with Crippen LogP contribution >= 0.6 is 23.2 Å². The molecule has 2 N–H and O–H groups in total. The van der Waals surface area contributed by atoms with E-state index in [4.69, 9.17) is 27.9 Å². The molecule has 0 aliphatic carbocycles. The number of benzene rings is 3. The molecule has 6 nitrogen and oxygen atoms in total. The fraction of sp³-hybridized carbons (Fsp3) is 0.167. The Morgan fingerprint density at radius 1 is 0.969 bits per heavy atom. The van der Waals surface area contributed by atoms with E-state index in [0.29, 0.717) is 34.6 Å². The first kappa shape index (κ1) is 22.0. The van der Waals surface area contributed by atoms with Crippen LogP contribution in [0.2, 0.25) is 10.0 Å². The van der Waals surface area contributed by atoms with Crippen molar-refractivity contribution in [2.45, 2.75) is 13.0 Å². The van der Waals surface area contributed by atoms with Gasteiger partial charge in [-0.2, -0.15) is 0 Å². The zero-order valence-corrected chi connectivity index (χ0v) is 18.6. The number of hydrogen-bond donors (Lipinski definition) is 2. The van der Waals surface area contributed by atoms with Crippen LogP contribution in [-0.2, 0) is 16.2 Å². The molecular weight excluding hydrogens is 449 g/mol. The normalized spacial score (nSPS) is 15.5. The summed E-state index contributed by atoms with van der Waals surface area (Å²) in [6, 6.07) is 21.7. The van der Waals surface area contributed by atoms with Gasteiger partial charge in [0.15, 0.2) is 0 Å². The van der Waals surface area contributed by atoms with Gasteiger partial charge in [0.2, 0.25) is 11.8 Å². The second kappa shape index (κ2) is 9.94. The maximum absolute atomic E-state index is 12.7. The number of hydrogen-bond acceptors (Lipinski definition) is 4. The summed E-state index contributed by atoms with van der Waals surface area (Å²) in [4.78, 5) is 26.7. The Balaban J connectivity index is 1.34. The summed E-state index contributed by atoms with van der Waals surface area (Å²) in [5, 5.41) is 1.26. The summed E-state index contributed by atoms with van der Waals surface area (Å²) in [6.45, 7) is 0.666. The first-order valence-electron chi connectivity index (χ1n) is 10.1. The van der Waals surface area contributed by atoms with Crippen LogP contribution in [0, 0.1) is 5.92 Å². The van der Waals surface area contributed by atoms with Gasteiger partial charge in [-0.15, -0.1) is 0 Å². The molecule has 3 aromatic carbocycles. The molecule has 164 valence electrons. The van der Waals surface area contributed by atoms with Crippen molar-refractivity contribution in [3.8, 4) is 5.75 Å². The van der Waals surface area contributed by atoms with E-state index in [2.05, 4.69) is 10.9 Å². The van der Waals surface area contributed by atoms with E-state index in [1.54, 1.807) is 47.4 Å². The molecule has 4 rings (SSSR count). The van der Waals surface area contributed by atoms with Crippen LogP contribution in [-0.4, -0.2) is 18.4 Å². The molecule has 0 saturated carbocycles. The summed E-state index contributed by atoms with van der Waals surface area (Å²) >= 11 is 11.8. The van der Waals surface area contributed by atoms with Gasteiger partial charge in [0.05, 0.1) is 11.6 Å². The van der Waals surface area contributed by atoms with E-state index < -0.39 is 5.92 Å². The Kier molecular flexibility index (Phi) is 6.83. The number of nitrogens with zero attached hydrogens (tertiary/aromatic N) is 1. The highest BCUT2D eigenvalue weighted by Crippen LogP contribution is 2.27.